The van der Waals surface area contributed by atoms with Gasteiger partial charge in [-0.15, -0.1) is 0 Å². The number of hydrogen-bond donors (Lipinski definition) is 3. The summed E-state index contributed by atoms with van der Waals surface area (Å²) in [5, 5.41) is 0. The summed E-state index contributed by atoms with van der Waals surface area (Å²) in [5.41, 5.74) is 12.4. The Morgan fingerprint density at radius 3 is 2.43 bits per heavy atom. The van der Waals surface area contributed by atoms with E-state index in [-0.39, 0.29) is 24.0 Å². The minimum absolute atomic E-state index is 0.0321. The van der Waals surface area contributed by atoms with E-state index >= 15 is 0 Å². The van der Waals surface area contributed by atoms with Crippen LogP contribution in [-0.2, 0) is 26.2 Å². The molecule has 162 valence electrons. The van der Waals surface area contributed by atoms with Crippen LogP contribution in [0.15, 0.2) is 64.5 Å². The number of guanidine groups is 1. The number of nitrogens with zero attached hydrogens (tertiary/aromatic N) is 1. The van der Waals surface area contributed by atoms with Crippen molar-refractivity contribution in [1.29, 1.82) is 0 Å². The summed E-state index contributed by atoms with van der Waals surface area (Å²) in [5.74, 6) is -0.212. The number of rotatable bonds is 10. The number of esters is 1. The van der Waals surface area contributed by atoms with Crippen LogP contribution in [0.1, 0.15) is 18.4 Å². The van der Waals surface area contributed by atoms with Crippen molar-refractivity contribution in [3.63, 3.8) is 0 Å². The van der Waals surface area contributed by atoms with Crippen LogP contribution in [0.25, 0.3) is 0 Å². The maximum Gasteiger partial charge on any atom is 0.323 e. The molecule has 0 saturated heterocycles. The standard InChI is InChI=1S/C20H26N4O5S/c1-28-16-9-11-17(12-10-16)30(26,27)24-20(22)23-13-5-8-18(21)19(25)29-14-15-6-3-2-4-7-15/h2-4,6-7,9-12,18H,5,8,13-14,21H2,1H3,(H3,22,23,24). The molecule has 0 aliphatic rings. The largest absolute Gasteiger partial charge is 0.497 e. The number of ether oxygens (including phenoxy) is 2. The highest BCUT2D eigenvalue weighted by atomic mass is 32.2. The third-order valence-electron chi connectivity index (χ3n) is 4.09. The fourth-order valence-electron chi connectivity index (χ4n) is 2.45. The first-order chi connectivity index (χ1) is 14.3. The van der Waals surface area contributed by atoms with Crippen molar-refractivity contribution in [1.82, 2.24) is 4.72 Å². The number of nitrogens with two attached hydrogens (primary N) is 2. The van der Waals surface area contributed by atoms with Crippen molar-refractivity contribution in [3.05, 3.63) is 60.2 Å². The minimum Gasteiger partial charge on any atom is -0.497 e. The molecule has 0 aliphatic heterocycles. The lowest BCUT2D eigenvalue weighted by molar-refractivity contribution is -0.146. The second kappa shape index (κ2) is 11.2. The molecule has 9 nitrogen and oxygen atoms in total. The molecule has 0 fully saturated rings. The van der Waals surface area contributed by atoms with E-state index in [1.54, 1.807) is 0 Å². The molecule has 0 aromatic heterocycles. The lowest BCUT2D eigenvalue weighted by Crippen LogP contribution is -2.37. The Morgan fingerprint density at radius 2 is 1.80 bits per heavy atom. The van der Waals surface area contributed by atoms with Crippen LogP contribution >= 0.6 is 0 Å². The Kier molecular flexibility index (Phi) is 8.63. The zero-order chi connectivity index (χ0) is 22.0. The molecule has 0 heterocycles. The van der Waals surface area contributed by atoms with Crippen molar-refractivity contribution in [3.8, 4) is 5.75 Å². The maximum atomic E-state index is 12.3. The summed E-state index contributed by atoms with van der Waals surface area (Å²) in [6, 6.07) is 14.3. The van der Waals surface area contributed by atoms with E-state index in [0.717, 1.165) is 5.56 Å². The van der Waals surface area contributed by atoms with Crippen LogP contribution in [0.5, 0.6) is 5.75 Å². The number of benzene rings is 2. The number of carbonyl (C=O) groups is 1. The first kappa shape index (κ1) is 23.2. The van der Waals surface area contributed by atoms with Crippen LogP contribution < -0.4 is 20.9 Å². The molecule has 30 heavy (non-hydrogen) atoms. The Bertz CT molecular complexity index is 947. The average Bonchev–Trinajstić information content (AvgIpc) is 2.75. The Labute approximate surface area is 176 Å². The smallest absolute Gasteiger partial charge is 0.323 e. The molecule has 2 rings (SSSR count). The number of hydrogen-bond acceptors (Lipinski definition) is 7. The van der Waals surface area contributed by atoms with Gasteiger partial charge in [0.1, 0.15) is 18.4 Å². The van der Waals surface area contributed by atoms with Crippen molar-refractivity contribution < 1.29 is 22.7 Å². The number of methoxy groups -OCH3 is 1. The monoisotopic (exact) mass is 434 g/mol. The van der Waals surface area contributed by atoms with Crippen molar-refractivity contribution >= 4 is 22.0 Å². The predicted molar refractivity (Wildman–Crippen MR) is 113 cm³/mol. The van der Waals surface area contributed by atoms with E-state index in [1.807, 2.05) is 30.3 Å². The summed E-state index contributed by atoms with van der Waals surface area (Å²) in [6.07, 6.45) is 0.766. The number of carbonyl (C=O) groups excluding carboxylic acids is 1. The van der Waals surface area contributed by atoms with Gasteiger partial charge in [0.15, 0.2) is 0 Å². The van der Waals surface area contributed by atoms with Crippen molar-refractivity contribution in [2.75, 3.05) is 13.7 Å². The number of sulfonamides is 1. The van der Waals surface area contributed by atoms with Gasteiger partial charge in [-0.3, -0.25) is 9.79 Å². The van der Waals surface area contributed by atoms with Gasteiger partial charge in [-0.25, -0.2) is 13.1 Å². The van der Waals surface area contributed by atoms with Gasteiger partial charge in [0.2, 0.25) is 5.96 Å². The summed E-state index contributed by atoms with van der Waals surface area (Å²) in [4.78, 5) is 15.9. The van der Waals surface area contributed by atoms with Gasteiger partial charge in [-0.1, -0.05) is 30.3 Å². The quantitative estimate of drug-likeness (QED) is 0.220. The van der Waals surface area contributed by atoms with E-state index in [2.05, 4.69) is 9.71 Å². The van der Waals surface area contributed by atoms with Gasteiger partial charge in [-0.2, -0.15) is 0 Å². The molecule has 0 spiro atoms. The molecule has 0 saturated carbocycles. The Hall–Kier alpha value is -3.11. The van der Waals surface area contributed by atoms with Crippen molar-refractivity contribution in [2.24, 2.45) is 16.5 Å². The topological polar surface area (TPSA) is 146 Å². The van der Waals surface area contributed by atoms with Crippen LogP contribution in [0, 0.1) is 0 Å². The fourth-order valence-corrected chi connectivity index (χ4v) is 3.40. The molecule has 0 radical (unpaired) electrons. The van der Waals surface area contributed by atoms with Gasteiger partial charge in [0.05, 0.1) is 12.0 Å². The minimum atomic E-state index is -3.85. The van der Waals surface area contributed by atoms with Crippen LogP contribution in [0.4, 0.5) is 0 Å². The maximum absolute atomic E-state index is 12.3. The van der Waals surface area contributed by atoms with Crippen molar-refractivity contribution in [2.45, 2.75) is 30.4 Å². The molecule has 1 atom stereocenters. The van der Waals surface area contributed by atoms with Gasteiger partial charge in [0, 0.05) is 6.54 Å². The first-order valence-electron chi connectivity index (χ1n) is 9.25. The summed E-state index contributed by atoms with van der Waals surface area (Å²) < 4.78 is 36.9. The second-order valence-electron chi connectivity index (χ2n) is 6.39. The number of aliphatic imine (C=N–C) groups is 1. The van der Waals surface area contributed by atoms with Gasteiger partial charge in [0.25, 0.3) is 10.0 Å². The molecular formula is C20H26N4O5S. The van der Waals surface area contributed by atoms with Gasteiger partial charge < -0.3 is 20.9 Å². The van der Waals surface area contributed by atoms with Crippen LogP contribution in [0.3, 0.4) is 0 Å². The van der Waals surface area contributed by atoms with E-state index in [4.69, 9.17) is 20.9 Å². The third kappa shape index (κ3) is 7.37. The predicted octanol–water partition coefficient (Wildman–Crippen LogP) is 1.14. The lowest BCUT2D eigenvalue weighted by atomic mass is 10.2. The molecule has 0 bridgehead atoms. The lowest BCUT2D eigenvalue weighted by Gasteiger charge is -2.11. The molecular weight excluding hydrogens is 408 g/mol. The molecule has 0 aliphatic carbocycles. The molecule has 2 aromatic rings. The Balaban J connectivity index is 1.75. The Morgan fingerprint density at radius 1 is 1.13 bits per heavy atom. The van der Waals surface area contributed by atoms with Crippen LogP contribution in [-0.4, -0.2) is 40.0 Å². The normalized spacial score (nSPS) is 12.8. The molecule has 2 aromatic carbocycles. The first-order valence-corrected chi connectivity index (χ1v) is 10.7. The third-order valence-corrected chi connectivity index (χ3v) is 5.46. The van der Waals surface area contributed by atoms with E-state index in [0.29, 0.717) is 18.6 Å². The fraction of sp³-hybridized carbons (Fsp3) is 0.300. The highest BCUT2D eigenvalue weighted by Gasteiger charge is 2.16. The molecule has 10 heteroatoms. The van der Waals surface area contributed by atoms with Crippen LogP contribution in [0.2, 0.25) is 0 Å². The second-order valence-corrected chi connectivity index (χ2v) is 8.07. The van der Waals surface area contributed by atoms with Gasteiger partial charge >= 0.3 is 5.97 Å². The average molecular weight is 435 g/mol. The molecule has 5 N–H and O–H groups in total. The van der Waals surface area contributed by atoms with E-state index in [9.17, 15) is 13.2 Å². The highest BCUT2D eigenvalue weighted by Crippen LogP contribution is 2.15. The zero-order valence-corrected chi connectivity index (χ0v) is 17.5. The summed E-state index contributed by atoms with van der Waals surface area (Å²) in [6.45, 7) is 0.363. The number of nitrogens with one attached hydrogen (secondary N) is 1. The molecule has 1 unspecified atom stereocenters. The zero-order valence-electron chi connectivity index (χ0n) is 16.7. The van der Waals surface area contributed by atoms with E-state index < -0.39 is 22.0 Å². The SMILES string of the molecule is COc1ccc(S(=O)(=O)NC(N)=NCCCC(N)C(=O)OCc2ccccc2)cc1. The molecule has 0 amide bonds. The highest BCUT2D eigenvalue weighted by molar-refractivity contribution is 7.90. The summed E-state index contributed by atoms with van der Waals surface area (Å²) in [7, 11) is -2.36. The summed E-state index contributed by atoms with van der Waals surface area (Å²) >= 11 is 0. The van der Waals surface area contributed by atoms with Gasteiger partial charge in [-0.05, 0) is 42.7 Å². The van der Waals surface area contributed by atoms with E-state index in [1.165, 1.54) is 31.4 Å².